The molecule has 0 radical (unpaired) electrons. The third-order valence-corrected chi connectivity index (χ3v) is 5.37. The van der Waals surface area contributed by atoms with Gasteiger partial charge in [-0.1, -0.05) is 6.92 Å². The van der Waals surface area contributed by atoms with E-state index in [0.717, 1.165) is 19.4 Å². The fourth-order valence-electron chi connectivity index (χ4n) is 3.21. The topological polar surface area (TPSA) is 38.8 Å². The van der Waals surface area contributed by atoms with Crippen molar-refractivity contribution in [3.63, 3.8) is 0 Å². The molecule has 1 amide bonds. The molecule has 2 aromatic rings. The molecule has 23 heavy (non-hydrogen) atoms. The second-order valence-electron chi connectivity index (χ2n) is 5.54. The average Bonchev–Trinajstić information content (AvgIpc) is 3.08. The van der Waals surface area contributed by atoms with Crippen LogP contribution in [0.2, 0.25) is 0 Å². The van der Waals surface area contributed by atoms with E-state index in [1.807, 2.05) is 4.90 Å². The Hall–Kier alpha value is -2.01. The number of fused-ring (bicyclic) bond motifs is 1. The van der Waals surface area contributed by atoms with Crippen LogP contribution in [0.25, 0.3) is 0 Å². The highest BCUT2D eigenvalue weighted by Crippen LogP contribution is 2.36. The van der Waals surface area contributed by atoms with E-state index in [0.29, 0.717) is 17.1 Å². The Bertz CT molecular complexity index is 710. The molecule has 1 aliphatic heterocycles. The van der Waals surface area contributed by atoms with Crippen LogP contribution in [0.1, 0.15) is 40.2 Å². The first-order chi connectivity index (χ1) is 11.2. The Kier molecular flexibility index (Phi) is 4.57. The molecule has 3 rings (SSSR count). The van der Waals surface area contributed by atoms with Crippen molar-refractivity contribution in [2.24, 2.45) is 0 Å². The second-order valence-corrected chi connectivity index (χ2v) is 6.54. The van der Waals surface area contributed by atoms with E-state index in [-0.39, 0.29) is 11.9 Å². The summed E-state index contributed by atoms with van der Waals surface area (Å²) in [6.07, 6.45) is 1.85. The molecule has 0 fully saturated rings. The quantitative estimate of drug-likeness (QED) is 0.852. The summed E-state index contributed by atoms with van der Waals surface area (Å²) in [5, 5.41) is 2.12. The largest absolute Gasteiger partial charge is 0.493 e. The highest BCUT2D eigenvalue weighted by molar-refractivity contribution is 7.10. The van der Waals surface area contributed by atoms with Crippen LogP contribution in [0.4, 0.5) is 0 Å². The molecule has 2 heterocycles. The van der Waals surface area contributed by atoms with Crippen LogP contribution in [0.15, 0.2) is 29.6 Å². The van der Waals surface area contributed by atoms with Gasteiger partial charge in [0.1, 0.15) is 0 Å². The Balaban J connectivity index is 1.91. The van der Waals surface area contributed by atoms with Crippen LogP contribution in [0.5, 0.6) is 11.5 Å². The van der Waals surface area contributed by atoms with Gasteiger partial charge in [0.15, 0.2) is 11.5 Å². The van der Waals surface area contributed by atoms with Gasteiger partial charge in [0.05, 0.1) is 20.3 Å². The van der Waals surface area contributed by atoms with Crippen LogP contribution in [-0.4, -0.2) is 31.6 Å². The molecule has 1 aliphatic rings. The zero-order valence-corrected chi connectivity index (χ0v) is 14.5. The summed E-state index contributed by atoms with van der Waals surface area (Å²) in [7, 11) is 3.18. The molecule has 0 N–H and O–H groups in total. The minimum absolute atomic E-state index is 0.0506. The SMILES string of the molecule is CCC1c2ccsc2CCN1C(=O)c1ccc(OC)c(OC)c1. The van der Waals surface area contributed by atoms with Crippen molar-refractivity contribution < 1.29 is 14.3 Å². The molecule has 1 atom stereocenters. The third-order valence-electron chi connectivity index (χ3n) is 4.37. The Labute approximate surface area is 140 Å². The number of methoxy groups -OCH3 is 2. The van der Waals surface area contributed by atoms with Gasteiger partial charge in [0.25, 0.3) is 5.91 Å². The molecule has 0 saturated heterocycles. The van der Waals surface area contributed by atoms with Crippen molar-refractivity contribution in [2.75, 3.05) is 20.8 Å². The normalized spacial score (nSPS) is 16.8. The van der Waals surface area contributed by atoms with Gasteiger partial charge in [-0.3, -0.25) is 4.79 Å². The molecule has 0 spiro atoms. The van der Waals surface area contributed by atoms with Crippen molar-refractivity contribution in [3.05, 3.63) is 45.6 Å². The lowest BCUT2D eigenvalue weighted by atomic mass is 9.97. The Morgan fingerprint density at radius 2 is 2.04 bits per heavy atom. The molecule has 1 unspecified atom stereocenters. The molecule has 0 saturated carbocycles. The number of nitrogens with zero attached hydrogens (tertiary/aromatic N) is 1. The molecule has 5 heteroatoms. The molecule has 1 aromatic heterocycles. The van der Waals surface area contributed by atoms with Gasteiger partial charge in [-0.2, -0.15) is 0 Å². The van der Waals surface area contributed by atoms with Crippen LogP contribution in [0, 0.1) is 0 Å². The predicted octanol–water partition coefficient (Wildman–Crippen LogP) is 3.91. The van der Waals surface area contributed by atoms with Crippen molar-refractivity contribution in [1.29, 1.82) is 0 Å². The summed E-state index contributed by atoms with van der Waals surface area (Å²) in [6, 6.07) is 7.66. The number of ether oxygens (including phenoxy) is 2. The molecule has 122 valence electrons. The standard InChI is InChI=1S/C18H21NO3S/c1-4-14-13-8-10-23-17(13)7-9-19(14)18(20)12-5-6-15(21-2)16(11-12)22-3/h5-6,8,10-11,14H,4,7,9H2,1-3H3. The summed E-state index contributed by atoms with van der Waals surface area (Å²) in [5.41, 5.74) is 1.94. The summed E-state index contributed by atoms with van der Waals surface area (Å²) >= 11 is 1.79. The zero-order valence-electron chi connectivity index (χ0n) is 13.7. The zero-order chi connectivity index (χ0) is 16.4. The number of carbonyl (C=O) groups is 1. The fourth-order valence-corrected chi connectivity index (χ4v) is 4.14. The number of rotatable bonds is 4. The van der Waals surface area contributed by atoms with E-state index in [4.69, 9.17) is 9.47 Å². The minimum Gasteiger partial charge on any atom is -0.493 e. The van der Waals surface area contributed by atoms with E-state index in [1.165, 1.54) is 10.4 Å². The van der Waals surface area contributed by atoms with Crippen molar-refractivity contribution in [2.45, 2.75) is 25.8 Å². The molecule has 4 nitrogen and oxygen atoms in total. The lowest BCUT2D eigenvalue weighted by Crippen LogP contribution is -2.39. The summed E-state index contributed by atoms with van der Waals surface area (Å²) in [5.74, 6) is 1.27. The molecule has 0 bridgehead atoms. The smallest absolute Gasteiger partial charge is 0.254 e. The predicted molar refractivity (Wildman–Crippen MR) is 91.6 cm³/mol. The number of benzene rings is 1. The lowest BCUT2D eigenvalue weighted by molar-refractivity contribution is 0.0657. The van der Waals surface area contributed by atoms with Gasteiger partial charge in [0, 0.05) is 17.0 Å². The van der Waals surface area contributed by atoms with Crippen LogP contribution in [-0.2, 0) is 6.42 Å². The second kappa shape index (κ2) is 6.62. The molecular formula is C18H21NO3S. The highest BCUT2D eigenvalue weighted by Gasteiger charge is 2.31. The van der Waals surface area contributed by atoms with E-state index in [1.54, 1.807) is 43.8 Å². The molecule has 0 aliphatic carbocycles. The fraction of sp³-hybridized carbons (Fsp3) is 0.389. The monoisotopic (exact) mass is 331 g/mol. The molecular weight excluding hydrogens is 310 g/mol. The Morgan fingerprint density at radius 1 is 1.26 bits per heavy atom. The van der Waals surface area contributed by atoms with E-state index < -0.39 is 0 Å². The van der Waals surface area contributed by atoms with Gasteiger partial charge in [-0.05, 0) is 48.1 Å². The maximum atomic E-state index is 13.0. The maximum Gasteiger partial charge on any atom is 0.254 e. The highest BCUT2D eigenvalue weighted by atomic mass is 32.1. The van der Waals surface area contributed by atoms with Gasteiger partial charge in [-0.15, -0.1) is 11.3 Å². The van der Waals surface area contributed by atoms with Crippen molar-refractivity contribution in [1.82, 2.24) is 4.90 Å². The number of hydrogen-bond acceptors (Lipinski definition) is 4. The number of amides is 1. The van der Waals surface area contributed by atoms with Crippen LogP contribution < -0.4 is 9.47 Å². The maximum absolute atomic E-state index is 13.0. The van der Waals surface area contributed by atoms with Gasteiger partial charge in [0.2, 0.25) is 0 Å². The van der Waals surface area contributed by atoms with E-state index >= 15 is 0 Å². The number of thiophene rings is 1. The van der Waals surface area contributed by atoms with E-state index in [2.05, 4.69) is 18.4 Å². The minimum atomic E-state index is 0.0506. The summed E-state index contributed by atoms with van der Waals surface area (Å²) < 4.78 is 10.6. The van der Waals surface area contributed by atoms with Gasteiger partial charge < -0.3 is 14.4 Å². The van der Waals surface area contributed by atoms with Crippen molar-refractivity contribution in [3.8, 4) is 11.5 Å². The Morgan fingerprint density at radius 3 is 2.74 bits per heavy atom. The van der Waals surface area contributed by atoms with Gasteiger partial charge in [-0.25, -0.2) is 0 Å². The average molecular weight is 331 g/mol. The summed E-state index contributed by atoms with van der Waals surface area (Å²) in [6.45, 7) is 2.89. The third kappa shape index (κ3) is 2.81. The number of carbonyl (C=O) groups excluding carboxylic acids is 1. The first kappa shape index (κ1) is 15.9. The number of hydrogen-bond donors (Lipinski definition) is 0. The van der Waals surface area contributed by atoms with Gasteiger partial charge >= 0.3 is 0 Å². The van der Waals surface area contributed by atoms with Crippen molar-refractivity contribution >= 4 is 17.2 Å². The first-order valence-electron chi connectivity index (χ1n) is 7.78. The molecule has 1 aromatic carbocycles. The summed E-state index contributed by atoms with van der Waals surface area (Å²) in [4.78, 5) is 16.4. The first-order valence-corrected chi connectivity index (χ1v) is 8.66. The van der Waals surface area contributed by atoms with Crippen LogP contribution >= 0.6 is 11.3 Å². The van der Waals surface area contributed by atoms with Crippen LogP contribution in [0.3, 0.4) is 0 Å². The van der Waals surface area contributed by atoms with E-state index in [9.17, 15) is 4.79 Å². The lowest BCUT2D eigenvalue weighted by Gasteiger charge is -2.35.